The second kappa shape index (κ2) is 11.6. The second-order valence-corrected chi connectivity index (χ2v) is 9.86. The van der Waals surface area contributed by atoms with E-state index in [1.54, 1.807) is 7.11 Å². The number of carbonyl (C=O) groups is 1. The molecule has 1 amide bonds. The number of nitrogens with zero attached hydrogens (tertiary/aromatic N) is 2. The Balaban J connectivity index is 2.10. The standard InChI is InChI=1S/C25H37ClN2O2/c1-20(17-25(2,3)4)16-24(29)28(14-9-15-30-5)19-22-11-8-13-27(22)18-21-10-6-7-12-23(21)26/h6-8,10-13,20H,9,14-19H2,1-5H3/t20-/m0/s1. The van der Waals surface area contributed by atoms with Gasteiger partial charge in [0, 0.05) is 50.1 Å². The average molecular weight is 433 g/mol. The molecule has 1 heterocycles. The summed E-state index contributed by atoms with van der Waals surface area (Å²) in [5.74, 6) is 0.575. The molecule has 0 saturated carbocycles. The molecule has 0 bridgehead atoms. The zero-order chi connectivity index (χ0) is 22.1. The van der Waals surface area contributed by atoms with Crippen molar-refractivity contribution in [2.24, 2.45) is 11.3 Å². The topological polar surface area (TPSA) is 34.5 Å². The summed E-state index contributed by atoms with van der Waals surface area (Å²) in [6, 6.07) is 12.0. The van der Waals surface area contributed by atoms with Gasteiger partial charge >= 0.3 is 0 Å². The summed E-state index contributed by atoms with van der Waals surface area (Å²) in [5.41, 5.74) is 2.42. The predicted molar refractivity (Wildman–Crippen MR) is 125 cm³/mol. The smallest absolute Gasteiger partial charge is 0.223 e. The van der Waals surface area contributed by atoms with Crippen molar-refractivity contribution in [3.8, 4) is 0 Å². The van der Waals surface area contributed by atoms with Gasteiger partial charge < -0.3 is 14.2 Å². The number of rotatable bonds is 11. The number of methoxy groups -OCH3 is 1. The molecule has 2 rings (SSSR count). The molecule has 0 aliphatic carbocycles. The Morgan fingerprint density at radius 1 is 1.20 bits per heavy atom. The maximum absolute atomic E-state index is 13.1. The minimum atomic E-state index is 0.216. The molecule has 0 aliphatic rings. The largest absolute Gasteiger partial charge is 0.385 e. The lowest BCUT2D eigenvalue weighted by molar-refractivity contribution is -0.133. The Kier molecular flexibility index (Phi) is 9.44. The van der Waals surface area contributed by atoms with Crippen LogP contribution in [-0.2, 0) is 22.6 Å². The van der Waals surface area contributed by atoms with Crippen LogP contribution in [0.2, 0.25) is 5.02 Å². The van der Waals surface area contributed by atoms with Crippen molar-refractivity contribution in [1.29, 1.82) is 0 Å². The first-order valence-electron chi connectivity index (χ1n) is 10.8. The van der Waals surface area contributed by atoms with Gasteiger partial charge in [-0.3, -0.25) is 4.79 Å². The van der Waals surface area contributed by atoms with Crippen LogP contribution < -0.4 is 0 Å². The van der Waals surface area contributed by atoms with E-state index in [-0.39, 0.29) is 11.3 Å². The first-order chi connectivity index (χ1) is 14.2. The van der Waals surface area contributed by atoms with E-state index in [1.807, 2.05) is 35.2 Å². The zero-order valence-electron chi connectivity index (χ0n) is 19.2. The Hall–Kier alpha value is -1.78. The van der Waals surface area contributed by atoms with Gasteiger partial charge in [0.2, 0.25) is 5.91 Å². The van der Waals surface area contributed by atoms with Crippen LogP contribution in [0.25, 0.3) is 0 Å². The summed E-state index contributed by atoms with van der Waals surface area (Å²) in [5, 5.41) is 0.765. The van der Waals surface area contributed by atoms with Crippen molar-refractivity contribution in [3.05, 3.63) is 58.9 Å². The Labute approximate surface area is 187 Å². The molecule has 5 heteroatoms. The fourth-order valence-corrected chi connectivity index (χ4v) is 4.18. The van der Waals surface area contributed by atoms with Crippen molar-refractivity contribution < 1.29 is 9.53 Å². The van der Waals surface area contributed by atoms with Gasteiger partial charge in [-0.1, -0.05) is 57.5 Å². The number of hydrogen-bond acceptors (Lipinski definition) is 2. The van der Waals surface area contributed by atoms with Crippen molar-refractivity contribution in [2.75, 3.05) is 20.3 Å². The second-order valence-electron chi connectivity index (χ2n) is 9.45. The van der Waals surface area contributed by atoms with E-state index in [0.29, 0.717) is 38.6 Å². The molecule has 0 saturated heterocycles. The SMILES string of the molecule is COCCCN(Cc1cccn1Cc1ccccc1Cl)C(=O)C[C@H](C)CC(C)(C)C. The Morgan fingerprint density at radius 3 is 2.60 bits per heavy atom. The third-order valence-electron chi connectivity index (χ3n) is 5.19. The molecule has 1 aromatic heterocycles. The highest BCUT2D eigenvalue weighted by atomic mass is 35.5. The first kappa shape index (κ1) is 24.5. The lowest BCUT2D eigenvalue weighted by Crippen LogP contribution is -2.34. The number of amides is 1. The average Bonchev–Trinajstić information content (AvgIpc) is 3.08. The van der Waals surface area contributed by atoms with Gasteiger partial charge in [-0.2, -0.15) is 0 Å². The van der Waals surface area contributed by atoms with Gasteiger partial charge in [-0.15, -0.1) is 0 Å². The highest BCUT2D eigenvalue weighted by molar-refractivity contribution is 6.31. The van der Waals surface area contributed by atoms with Crippen LogP contribution in [0.1, 0.15) is 58.2 Å². The quantitative estimate of drug-likeness (QED) is 0.407. The van der Waals surface area contributed by atoms with Crippen LogP contribution in [0, 0.1) is 11.3 Å². The minimum absolute atomic E-state index is 0.216. The zero-order valence-corrected chi connectivity index (χ0v) is 19.9. The fraction of sp³-hybridized carbons (Fsp3) is 0.560. The molecule has 0 unspecified atom stereocenters. The molecule has 0 N–H and O–H groups in total. The number of halogens is 1. The van der Waals surface area contributed by atoms with Crippen molar-refractivity contribution >= 4 is 17.5 Å². The predicted octanol–water partition coefficient (Wildman–Crippen LogP) is 6.02. The van der Waals surface area contributed by atoms with Gasteiger partial charge in [-0.05, 0) is 47.9 Å². The van der Waals surface area contributed by atoms with E-state index in [9.17, 15) is 4.79 Å². The van der Waals surface area contributed by atoms with E-state index >= 15 is 0 Å². The lowest BCUT2D eigenvalue weighted by Gasteiger charge is -2.27. The van der Waals surface area contributed by atoms with Gasteiger partial charge in [0.05, 0.1) is 6.54 Å². The van der Waals surface area contributed by atoms with Crippen LogP contribution in [0.5, 0.6) is 0 Å². The lowest BCUT2D eigenvalue weighted by atomic mass is 9.84. The van der Waals surface area contributed by atoms with Gasteiger partial charge in [0.25, 0.3) is 0 Å². The highest BCUT2D eigenvalue weighted by Crippen LogP contribution is 2.26. The van der Waals surface area contributed by atoms with Crippen LogP contribution >= 0.6 is 11.6 Å². The van der Waals surface area contributed by atoms with Gasteiger partial charge in [-0.25, -0.2) is 0 Å². The van der Waals surface area contributed by atoms with Crippen LogP contribution in [-0.4, -0.2) is 35.6 Å². The van der Waals surface area contributed by atoms with E-state index in [4.69, 9.17) is 16.3 Å². The molecular weight excluding hydrogens is 396 g/mol. The number of carbonyl (C=O) groups excluding carboxylic acids is 1. The minimum Gasteiger partial charge on any atom is -0.385 e. The van der Waals surface area contributed by atoms with Gasteiger partial charge in [0.1, 0.15) is 0 Å². The number of hydrogen-bond donors (Lipinski definition) is 0. The van der Waals surface area contributed by atoms with E-state index in [0.717, 1.165) is 29.1 Å². The number of ether oxygens (including phenoxy) is 1. The number of aromatic nitrogens is 1. The van der Waals surface area contributed by atoms with E-state index in [2.05, 4.69) is 44.5 Å². The summed E-state index contributed by atoms with van der Waals surface area (Å²) < 4.78 is 7.39. The van der Waals surface area contributed by atoms with Crippen LogP contribution in [0.3, 0.4) is 0 Å². The molecule has 1 aromatic carbocycles. The summed E-state index contributed by atoms with van der Waals surface area (Å²) >= 11 is 6.35. The Bertz CT molecular complexity index is 794. The molecule has 30 heavy (non-hydrogen) atoms. The molecule has 0 aliphatic heterocycles. The molecule has 1 atom stereocenters. The van der Waals surface area contributed by atoms with E-state index < -0.39 is 0 Å². The van der Waals surface area contributed by atoms with Crippen molar-refractivity contribution in [2.45, 2.75) is 60.0 Å². The summed E-state index contributed by atoms with van der Waals surface area (Å²) in [6.07, 6.45) is 4.50. The molecule has 166 valence electrons. The molecule has 0 fully saturated rings. The summed E-state index contributed by atoms with van der Waals surface area (Å²) in [4.78, 5) is 15.1. The monoisotopic (exact) mass is 432 g/mol. The normalized spacial score (nSPS) is 12.7. The summed E-state index contributed by atoms with van der Waals surface area (Å²) in [6.45, 7) is 11.5. The third kappa shape index (κ3) is 8.16. The van der Waals surface area contributed by atoms with Crippen molar-refractivity contribution in [1.82, 2.24) is 9.47 Å². The molecule has 0 spiro atoms. The number of benzene rings is 1. The molecular formula is C25H37ClN2O2. The fourth-order valence-electron chi connectivity index (χ4n) is 3.99. The maximum Gasteiger partial charge on any atom is 0.223 e. The van der Waals surface area contributed by atoms with Crippen molar-refractivity contribution in [3.63, 3.8) is 0 Å². The van der Waals surface area contributed by atoms with Crippen LogP contribution in [0.4, 0.5) is 0 Å². The first-order valence-corrected chi connectivity index (χ1v) is 11.2. The van der Waals surface area contributed by atoms with E-state index in [1.165, 1.54) is 0 Å². The summed E-state index contributed by atoms with van der Waals surface area (Å²) in [7, 11) is 1.70. The van der Waals surface area contributed by atoms with Gasteiger partial charge in [0.15, 0.2) is 0 Å². The highest BCUT2D eigenvalue weighted by Gasteiger charge is 2.22. The Morgan fingerprint density at radius 2 is 1.93 bits per heavy atom. The maximum atomic E-state index is 13.1. The molecule has 4 nitrogen and oxygen atoms in total. The molecule has 0 radical (unpaired) electrons. The van der Waals surface area contributed by atoms with Crippen LogP contribution in [0.15, 0.2) is 42.6 Å². The molecule has 2 aromatic rings. The third-order valence-corrected chi connectivity index (χ3v) is 5.56.